The molecule has 21 heavy (non-hydrogen) atoms. The van der Waals surface area contributed by atoms with Crippen molar-refractivity contribution in [1.82, 2.24) is 10.3 Å². The Labute approximate surface area is 120 Å². The molecule has 0 saturated carbocycles. The lowest BCUT2D eigenvalue weighted by Crippen LogP contribution is -2.38. The van der Waals surface area contributed by atoms with E-state index in [4.69, 9.17) is 4.74 Å². The Hall–Kier alpha value is -2.50. The number of carbonyl (C=O) groups is 1. The molecular weight excluding hydrogens is 278 g/mol. The van der Waals surface area contributed by atoms with Gasteiger partial charge in [0.2, 0.25) is 0 Å². The van der Waals surface area contributed by atoms with Crippen LogP contribution in [0, 0.1) is 0 Å². The number of alkyl halides is 2. The highest BCUT2D eigenvalue weighted by Gasteiger charge is 2.42. The normalized spacial score (nSPS) is 11.0. The van der Waals surface area contributed by atoms with Crippen molar-refractivity contribution in [2.45, 2.75) is 12.5 Å². The second-order valence-corrected chi connectivity index (χ2v) is 4.32. The van der Waals surface area contributed by atoms with E-state index >= 15 is 0 Å². The number of rotatable bonds is 5. The quantitative estimate of drug-likeness (QED) is 0.921. The minimum atomic E-state index is -3.66. The lowest BCUT2D eigenvalue weighted by atomic mass is 10.2. The van der Waals surface area contributed by atoms with Crippen LogP contribution in [-0.4, -0.2) is 18.0 Å². The van der Waals surface area contributed by atoms with Gasteiger partial charge in [-0.05, 0) is 29.8 Å². The van der Waals surface area contributed by atoms with Gasteiger partial charge in [-0.3, -0.25) is 9.78 Å². The molecule has 0 fully saturated rings. The molecule has 4 nitrogen and oxygen atoms in total. The maximum absolute atomic E-state index is 13.9. The minimum absolute atomic E-state index is 0.00521. The lowest BCUT2D eigenvalue weighted by molar-refractivity contribution is -0.147. The van der Waals surface area contributed by atoms with Gasteiger partial charge in [-0.15, -0.1) is 0 Å². The Morgan fingerprint density at radius 2 is 1.95 bits per heavy atom. The number of aromatic nitrogens is 1. The molecule has 6 heteroatoms. The predicted octanol–water partition coefficient (Wildman–Crippen LogP) is 2.50. The Balaban J connectivity index is 2.00. The molecule has 110 valence electrons. The van der Waals surface area contributed by atoms with Gasteiger partial charge in [-0.1, -0.05) is 18.2 Å². The van der Waals surface area contributed by atoms with E-state index in [0.29, 0.717) is 11.3 Å². The number of nitrogens with one attached hydrogen (secondary N) is 1. The third-order valence-electron chi connectivity index (χ3n) is 2.88. The molecule has 0 aliphatic rings. The van der Waals surface area contributed by atoms with Crippen LogP contribution in [0.2, 0.25) is 0 Å². The number of hydrogen-bond acceptors (Lipinski definition) is 3. The first-order valence-corrected chi connectivity index (χ1v) is 6.24. The first kappa shape index (κ1) is 14.9. The Morgan fingerprint density at radius 1 is 1.24 bits per heavy atom. The smallest absolute Gasteiger partial charge is 0.366 e. The number of ether oxygens (including phenoxy) is 1. The summed E-state index contributed by atoms with van der Waals surface area (Å²) in [4.78, 5) is 15.2. The summed E-state index contributed by atoms with van der Waals surface area (Å²) in [6.45, 7) is 0.00521. The average Bonchev–Trinajstić information content (AvgIpc) is 2.53. The summed E-state index contributed by atoms with van der Waals surface area (Å²) in [7, 11) is 1.53. The summed E-state index contributed by atoms with van der Waals surface area (Å²) in [5.74, 6) is -4.38. The van der Waals surface area contributed by atoms with Gasteiger partial charge in [0.1, 0.15) is 11.4 Å². The van der Waals surface area contributed by atoms with Crippen molar-refractivity contribution >= 4 is 5.91 Å². The summed E-state index contributed by atoms with van der Waals surface area (Å²) in [6, 6.07) is 10.8. The van der Waals surface area contributed by atoms with Gasteiger partial charge in [0, 0.05) is 12.7 Å². The average molecular weight is 292 g/mol. The van der Waals surface area contributed by atoms with E-state index in [9.17, 15) is 13.6 Å². The van der Waals surface area contributed by atoms with Crippen molar-refractivity contribution in [2.24, 2.45) is 0 Å². The monoisotopic (exact) mass is 292 g/mol. The van der Waals surface area contributed by atoms with Crippen molar-refractivity contribution in [1.29, 1.82) is 0 Å². The van der Waals surface area contributed by atoms with Crippen LogP contribution in [0.15, 0.2) is 48.7 Å². The van der Waals surface area contributed by atoms with E-state index in [-0.39, 0.29) is 6.54 Å². The summed E-state index contributed by atoms with van der Waals surface area (Å²) in [5, 5.41) is 2.21. The largest absolute Gasteiger partial charge is 0.497 e. The molecule has 1 amide bonds. The SMILES string of the molecule is COc1ccc(CNC(=O)C(F)(F)c2ccccn2)cc1. The van der Waals surface area contributed by atoms with Crippen LogP contribution in [0.1, 0.15) is 11.3 Å². The second-order valence-electron chi connectivity index (χ2n) is 4.32. The number of hydrogen-bond donors (Lipinski definition) is 1. The highest BCUT2D eigenvalue weighted by molar-refractivity contribution is 5.84. The first-order chi connectivity index (χ1) is 10.0. The minimum Gasteiger partial charge on any atom is -0.497 e. The number of benzene rings is 1. The van der Waals surface area contributed by atoms with Gasteiger partial charge < -0.3 is 10.1 Å². The van der Waals surface area contributed by atoms with Gasteiger partial charge in [0.25, 0.3) is 5.91 Å². The third kappa shape index (κ3) is 3.53. The third-order valence-corrected chi connectivity index (χ3v) is 2.88. The van der Waals surface area contributed by atoms with Crippen LogP contribution >= 0.6 is 0 Å². The van der Waals surface area contributed by atoms with Gasteiger partial charge in [-0.25, -0.2) is 0 Å². The van der Waals surface area contributed by atoms with Crippen molar-refractivity contribution in [3.8, 4) is 5.75 Å². The van der Waals surface area contributed by atoms with Gasteiger partial charge >= 0.3 is 5.92 Å². The zero-order valence-electron chi connectivity index (χ0n) is 11.3. The molecule has 0 aliphatic heterocycles. The number of methoxy groups -OCH3 is 1. The number of nitrogens with zero attached hydrogens (tertiary/aromatic N) is 1. The molecule has 1 aromatic carbocycles. The fraction of sp³-hybridized carbons (Fsp3) is 0.200. The molecule has 0 aliphatic carbocycles. The van der Waals surface area contributed by atoms with Gasteiger partial charge in [0.05, 0.1) is 7.11 Å². The van der Waals surface area contributed by atoms with E-state index in [0.717, 1.165) is 6.07 Å². The highest BCUT2D eigenvalue weighted by Crippen LogP contribution is 2.26. The van der Waals surface area contributed by atoms with Crippen LogP contribution in [0.25, 0.3) is 0 Å². The number of carbonyl (C=O) groups excluding carboxylic acids is 1. The molecule has 1 aromatic heterocycles. The molecule has 1 heterocycles. The molecule has 0 bridgehead atoms. The standard InChI is InChI=1S/C15H14F2N2O2/c1-21-12-7-5-11(6-8-12)10-19-14(20)15(16,17)13-4-2-3-9-18-13/h2-9H,10H2,1H3,(H,19,20). The highest BCUT2D eigenvalue weighted by atomic mass is 19.3. The van der Waals surface area contributed by atoms with E-state index in [1.807, 2.05) is 0 Å². The van der Waals surface area contributed by atoms with Crippen molar-refractivity contribution in [3.05, 3.63) is 59.9 Å². The van der Waals surface area contributed by atoms with E-state index < -0.39 is 17.5 Å². The maximum atomic E-state index is 13.9. The zero-order chi connectivity index (χ0) is 15.3. The molecule has 1 N–H and O–H groups in total. The second kappa shape index (κ2) is 6.30. The summed E-state index contributed by atoms with van der Waals surface area (Å²) in [5.41, 5.74) is 0.123. The number of pyridine rings is 1. The van der Waals surface area contributed by atoms with Crippen LogP contribution in [0.3, 0.4) is 0 Å². The Bertz CT molecular complexity index is 601. The van der Waals surface area contributed by atoms with Crippen LogP contribution in [-0.2, 0) is 17.3 Å². The fourth-order valence-electron chi connectivity index (χ4n) is 1.70. The molecule has 0 spiro atoms. The zero-order valence-corrected chi connectivity index (χ0v) is 11.3. The Kier molecular flexibility index (Phi) is 4.47. The van der Waals surface area contributed by atoms with Crippen molar-refractivity contribution in [2.75, 3.05) is 7.11 Å². The number of halogens is 2. The number of amides is 1. The summed E-state index contributed by atoms with van der Waals surface area (Å²) in [6.07, 6.45) is 1.22. The van der Waals surface area contributed by atoms with Crippen LogP contribution < -0.4 is 10.1 Å². The van der Waals surface area contributed by atoms with E-state index in [2.05, 4.69) is 10.3 Å². The molecule has 2 rings (SSSR count). The van der Waals surface area contributed by atoms with Crippen molar-refractivity contribution < 1.29 is 18.3 Å². The van der Waals surface area contributed by atoms with Gasteiger partial charge in [-0.2, -0.15) is 8.78 Å². The van der Waals surface area contributed by atoms with Gasteiger partial charge in [0.15, 0.2) is 0 Å². The maximum Gasteiger partial charge on any atom is 0.366 e. The topological polar surface area (TPSA) is 51.2 Å². The fourth-order valence-corrected chi connectivity index (χ4v) is 1.70. The summed E-state index contributed by atoms with van der Waals surface area (Å²) >= 11 is 0. The molecule has 2 aromatic rings. The van der Waals surface area contributed by atoms with E-state index in [1.165, 1.54) is 25.4 Å². The molecule has 0 radical (unpaired) electrons. The molecule has 0 saturated heterocycles. The van der Waals surface area contributed by atoms with Crippen LogP contribution in [0.5, 0.6) is 5.75 Å². The van der Waals surface area contributed by atoms with Crippen molar-refractivity contribution in [3.63, 3.8) is 0 Å². The molecular formula is C15H14F2N2O2. The predicted molar refractivity (Wildman–Crippen MR) is 73.0 cm³/mol. The van der Waals surface area contributed by atoms with Crippen LogP contribution in [0.4, 0.5) is 8.78 Å². The first-order valence-electron chi connectivity index (χ1n) is 6.24. The summed E-state index contributed by atoms with van der Waals surface area (Å²) < 4.78 is 32.7. The van der Waals surface area contributed by atoms with E-state index in [1.54, 1.807) is 24.3 Å². The lowest BCUT2D eigenvalue weighted by Gasteiger charge is -2.15. The Morgan fingerprint density at radius 3 is 2.52 bits per heavy atom. The molecule has 0 atom stereocenters. The molecule has 0 unspecified atom stereocenters.